The molecular weight excluding hydrogens is 525 g/mol. The van der Waals surface area contributed by atoms with E-state index in [1.165, 1.54) is 16.3 Å². The molecular formula is C28H36INO3. The van der Waals surface area contributed by atoms with Crippen molar-refractivity contribution in [2.75, 3.05) is 6.61 Å². The fourth-order valence-electron chi connectivity index (χ4n) is 3.85. The summed E-state index contributed by atoms with van der Waals surface area (Å²) in [6, 6.07) is 22.4. The van der Waals surface area contributed by atoms with E-state index in [0.29, 0.717) is 6.42 Å². The molecule has 0 amide bonds. The van der Waals surface area contributed by atoms with E-state index in [1.807, 2.05) is 57.2 Å². The summed E-state index contributed by atoms with van der Waals surface area (Å²) in [6.45, 7) is 7.92. The third-order valence-corrected chi connectivity index (χ3v) is 6.88. The number of rotatable bonds is 8. The molecule has 4 N–H and O–H groups in total. The molecule has 0 saturated heterocycles. The molecule has 0 heterocycles. The van der Waals surface area contributed by atoms with Crippen LogP contribution < -0.4 is 5.73 Å². The first-order valence-electron chi connectivity index (χ1n) is 11.3. The number of aliphatic hydroxyl groups excluding tert-OH is 1. The van der Waals surface area contributed by atoms with Gasteiger partial charge in [0.15, 0.2) is 0 Å². The van der Waals surface area contributed by atoms with Gasteiger partial charge in [-0.25, -0.2) is 0 Å². The quantitative estimate of drug-likeness (QED) is 0.268. The van der Waals surface area contributed by atoms with Crippen LogP contribution in [0.1, 0.15) is 64.1 Å². The van der Waals surface area contributed by atoms with Gasteiger partial charge in [-0.1, -0.05) is 74.9 Å². The van der Waals surface area contributed by atoms with Crippen LogP contribution in [0.25, 0.3) is 10.8 Å². The first kappa shape index (κ1) is 27.3. The van der Waals surface area contributed by atoms with Crippen molar-refractivity contribution in [3.8, 4) is 0 Å². The van der Waals surface area contributed by atoms with Gasteiger partial charge >= 0.3 is 5.97 Å². The third-order valence-electron chi connectivity index (χ3n) is 6.21. The predicted molar refractivity (Wildman–Crippen MR) is 145 cm³/mol. The second-order valence-electron chi connectivity index (χ2n) is 9.68. The van der Waals surface area contributed by atoms with E-state index >= 15 is 0 Å². The summed E-state index contributed by atoms with van der Waals surface area (Å²) in [7, 11) is 0. The Morgan fingerprint density at radius 3 is 2.24 bits per heavy atom. The van der Waals surface area contributed by atoms with Gasteiger partial charge in [0.2, 0.25) is 0 Å². The number of hydrogen-bond donors (Lipinski definition) is 3. The smallest absolute Gasteiger partial charge is 0.313 e. The SMILES string of the molecule is CC(C)(CO)CCCC(C)(C(=O)O)c1cccc(I)c1.C[C@H](N)c1cccc2ccccc12. The van der Waals surface area contributed by atoms with Crippen LogP contribution in [0.2, 0.25) is 0 Å². The van der Waals surface area contributed by atoms with Crippen LogP contribution in [0.4, 0.5) is 0 Å². The second-order valence-corrected chi connectivity index (χ2v) is 10.9. The Kier molecular flexibility index (Phi) is 9.88. The zero-order valence-corrected chi connectivity index (χ0v) is 22.2. The van der Waals surface area contributed by atoms with E-state index in [2.05, 4.69) is 52.9 Å². The number of carboxylic acids is 1. The highest BCUT2D eigenvalue weighted by molar-refractivity contribution is 14.1. The van der Waals surface area contributed by atoms with Gasteiger partial charge in [-0.15, -0.1) is 0 Å². The number of fused-ring (bicyclic) bond motifs is 1. The standard InChI is InChI=1S/C16H23IO3.C12H13N/c1-15(2,11-18)8-5-9-16(3,14(19)20)12-6-4-7-13(17)10-12;1-9(13)11-8-4-6-10-5-2-3-7-12(10)11/h4,6-7,10,18H,5,8-9,11H2,1-3H3,(H,19,20);2-9H,13H2,1H3/t;9-/m.0/s1. The summed E-state index contributed by atoms with van der Waals surface area (Å²) < 4.78 is 1.04. The largest absolute Gasteiger partial charge is 0.481 e. The Hall–Kier alpha value is -1.96. The lowest BCUT2D eigenvalue weighted by Gasteiger charge is -2.28. The average Bonchev–Trinajstić information content (AvgIpc) is 2.78. The van der Waals surface area contributed by atoms with Crippen molar-refractivity contribution in [3.05, 3.63) is 81.4 Å². The average molecular weight is 562 g/mol. The van der Waals surface area contributed by atoms with Crippen molar-refractivity contribution in [1.29, 1.82) is 0 Å². The minimum absolute atomic E-state index is 0.103. The molecule has 0 bridgehead atoms. The Bertz CT molecular complexity index is 1060. The number of aliphatic carboxylic acids is 1. The minimum atomic E-state index is -0.868. The van der Waals surface area contributed by atoms with Gasteiger partial charge < -0.3 is 15.9 Å². The maximum absolute atomic E-state index is 11.7. The first-order chi connectivity index (χ1) is 15.5. The summed E-state index contributed by atoms with van der Waals surface area (Å²) >= 11 is 2.20. The summed E-state index contributed by atoms with van der Waals surface area (Å²) in [5.41, 5.74) is 6.93. The third kappa shape index (κ3) is 7.52. The molecule has 0 aliphatic heterocycles. The summed E-state index contributed by atoms with van der Waals surface area (Å²) in [6.07, 6.45) is 2.17. The summed E-state index contributed by atoms with van der Waals surface area (Å²) in [4.78, 5) is 11.7. The molecule has 4 nitrogen and oxygen atoms in total. The Labute approximate surface area is 211 Å². The zero-order valence-electron chi connectivity index (χ0n) is 20.0. The lowest BCUT2D eigenvalue weighted by Crippen LogP contribution is -2.33. The number of carbonyl (C=O) groups is 1. The van der Waals surface area contributed by atoms with Crippen LogP contribution in [0, 0.1) is 8.99 Å². The van der Waals surface area contributed by atoms with Gasteiger partial charge in [0, 0.05) is 16.2 Å². The normalized spacial score (nSPS) is 14.2. The van der Waals surface area contributed by atoms with Gasteiger partial charge in [0.25, 0.3) is 0 Å². The van der Waals surface area contributed by atoms with Crippen LogP contribution in [-0.4, -0.2) is 22.8 Å². The Balaban J connectivity index is 0.000000254. The molecule has 0 saturated carbocycles. The number of halogens is 1. The molecule has 2 atom stereocenters. The number of nitrogens with two attached hydrogens (primary N) is 1. The highest BCUT2D eigenvalue weighted by Crippen LogP contribution is 2.33. The van der Waals surface area contributed by atoms with Crippen molar-refractivity contribution in [2.45, 2.75) is 58.4 Å². The monoisotopic (exact) mass is 561 g/mol. The lowest BCUT2D eigenvalue weighted by atomic mass is 9.76. The van der Waals surface area contributed by atoms with Crippen molar-refractivity contribution in [3.63, 3.8) is 0 Å². The van der Waals surface area contributed by atoms with E-state index in [9.17, 15) is 15.0 Å². The number of aliphatic hydroxyl groups is 1. The fourth-order valence-corrected chi connectivity index (χ4v) is 4.40. The number of hydrogen-bond acceptors (Lipinski definition) is 3. The molecule has 5 heteroatoms. The number of carboxylic acid groups (broad SMARTS) is 1. The molecule has 0 aliphatic carbocycles. The molecule has 0 radical (unpaired) electrons. The molecule has 3 aromatic carbocycles. The van der Waals surface area contributed by atoms with Crippen molar-refractivity contribution >= 4 is 39.3 Å². The first-order valence-corrected chi connectivity index (χ1v) is 12.4. The maximum Gasteiger partial charge on any atom is 0.313 e. The fraction of sp³-hybridized carbons (Fsp3) is 0.393. The summed E-state index contributed by atoms with van der Waals surface area (Å²) in [5, 5.41) is 21.4. The van der Waals surface area contributed by atoms with E-state index in [1.54, 1.807) is 6.92 Å². The van der Waals surface area contributed by atoms with E-state index in [0.717, 1.165) is 22.0 Å². The Morgan fingerprint density at radius 1 is 1.00 bits per heavy atom. The van der Waals surface area contributed by atoms with Crippen LogP contribution in [0.5, 0.6) is 0 Å². The molecule has 0 spiro atoms. The molecule has 3 aromatic rings. The van der Waals surface area contributed by atoms with Crippen LogP contribution in [0.15, 0.2) is 66.7 Å². The molecule has 3 rings (SSSR count). The topological polar surface area (TPSA) is 83.5 Å². The predicted octanol–water partition coefficient (Wildman–Crippen LogP) is 6.68. The highest BCUT2D eigenvalue weighted by Gasteiger charge is 2.35. The van der Waals surface area contributed by atoms with Crippen molar-refractivity contribution in [2.24, 2.45) is 11.1 Å². The van der Waals surface area contributed by atoms with Crippen molar-refractivity contribution < 1.29 is 15.0 Å². The van der Waals surface area contributed by atoms with E-state index < -0.39 is 11.4 Å². The van der Waals surface area contributed by atoms with E-state index in [-0.39, 0.29) is 18.1 Å². The van der Waals surface area contributed by atoms with E-state index in [4.69, 9.17) is 5.73 Å². The Morgan fingerprint density at radius 2 is 1.64 bits per heavy atom. The van der Waals surface area contributed by atoms with Gasteiger partial charge in [0.1, 0.15) is 0 Å². The molecule has 33 heavy (non-hydrogen) atoms. The molecule has 0 aliphatic rings. The molecule has 0 aromatic heterocycles. The molecule has 178 valence electrons. The van der Waals surface area contributed by atoms with Crippen LogP contribution in [0.3, 0.4) is 0 Å². The molecule has 0 fully saturated rings. The van der Waals surface area contributed by atoms with Crippen molar-refractivity contribution in [1.82, 2.24) is 0 Å². The second kappa shape index (κ2) is 12.0. The van der Waals surface area contributed by atoms with Gasteiger partial charge in [-0.2, -0.15) is 0 Å². The van der Waals surface area contributed by atoms with Gasteiger partial charge in [-0.3, -0.25) is 4.79 Å². The summed E-state index contributed by atoms with van der Waals surface area (Å²) in [5.74, 6) is -0.790. The number of benzene rings is 3. The molecule has 1 unspecified atom stereocenters. The van der Waals surface area contributed by atoms with Gasteiger partial charge in [-0.05, 0) is 88.7 Å². The van der Waals surface area contributed by atoms with Crippen LogP contribution in [-0.2, 0) is 10.2 Å². The lowest BCUT2D eigenvalue weighted by molar-refractivity contribution is -0.143. The van der Waals surface area contributed by atoms with Gasteiger partial charge in [0.05, 0.1) is 5.41 Å². The zero-order chi connectivity index (χ0) is 24.6. The van der Waals surface area contributed by atoms with Crippen LogP contribution >= 0.6 is 22.6 Å². The maximum atomic E-state index is 11.7. The minimum Gasteiger partial charge on any atom is -0.481 e. The highest BCUT2D eigenvalue weighted by atomic mass is 127.